The Morgan fingerprint density at radius 2 is 1.94 bits per heavy atom. The highest BCUT2D eigenvalue weighted by Crippen LogP contribution is 2.23. The number of sulfonamides is 1. The fourth-order valence-electron chi connectivity index (χ4n) is 3.47. The molecule has 1 saturated heterocycles. The third-order valence-corrected chi connectivity index (χ3v) is 6.21. The molecule has 1 N–H and O–H groups in total. The molecule has 1 aliphatic heterocycles. The third kappa shape index (κ3) is 6.23. The molecule has 1 fully saturated rings. The number of amides is 2. The molecule has 3 rings (SSSR count). The van der Waals surface area contributed by atoms with Crippen molar-refractivity contribution in [1.82, 2.24) is 5.32 Å². The van der Waals surface area contributed by atoms with Crippen LogP contribution in [-0.2, 0) is 26.2 Å². The van der Waals surface area contributed by atoms with Gasteiger partial charge in [0.1, 0.15) is 12.3 Å². The summed E-state index contributed by atoms with van der Waals surface area (Å²) in [6.45, 7) is 3.17. The van der Waals surface area contributed by atoms with Gasteiger partial charge in [0.05, 0.1) is 18.6 Å². The smallest absolute Gasteiger partial charge is 0.241 e. The normalized spacial score (nSPS) is 13.8. The first-order valence-electron chi connectivity index (χ1n) is 10.6. The van der Waals surface area contributed by atoms with E-state index in [1.807, 2.05) is 31.2 Å². The van der Waals surface area contributed by atoms with Crippen LogP contribution in [0.5, 0.6) is 5.75 Å². The number of hydrogen-bond acceptors (Lipinski definition) is 5. The molecule has 0 aliphatic carbocycles. The highest BCUT2D eigenvalue weighted by atomic mass is 32.2. The Labute approximate surface area is 189 Å². The highest BCUT2D eigenvalue weighted by molar-refractivity contribution is 7.92. The van der Waals surface area contributed by atoms with Crippen LogP contribution >= 0.6 is 0 Å². The van der Waals surface area contributed by atoms with Crippen LogP contribution in [0.4, 0.5) is 11.4 Å². The van der Waals surface area contributed by atoms with Crippen molar-refractivity contribution in [2.24, 2.45) is 0 Å². The van der Waals surface area contributed by atoms with E-state index in [1.165, 1.54) is 0 Å². The summed E-state index contributed by atoms with van der Waals surface area (Å²) in [6.07, 6.45) is 3.33. The molecular weight excluding hydrogens is 430 g/mol. The maximum atomic E-state index is 12.5. The van der Waals surface area contributed by atoms with Crippen molar-refractivity contribution in [3.05, 3.63) is 54.1 Å². The van der Waals surface area contributed by atoms with Gasteiger partial charge in [0.15, 0.2) is 0 Å². The van der Waals surface area contributed by atoms with E-state index in [0.717, 1.165) is 34.7 Å². The van der Waals surface area contributed by atoms with Crippen LogP contribution in [0.2, 0.25) is 0 Å². The summed E-state index contributed by atoms with van der Waals surface area (Å²) in [5.41, 5.74) is 2.03. The first-order chi connectivity index (χ1) is 15.3. The molecule has 2 amide bonds. The van der Waals surface area contributed by atoms with Crippen LogP contribution in [0, 0.1) is 0 Å². The minimum Gasteiger partial charge on any atom is -0.494 e. The molecule has 0 unspecified atom stereocenters. The van der Waals surface area contributed by atoms with Gasteiger partial charge in [-0.05, 0) is 54.8 Å². The van der Waals surface area contributed by atoms with Crippen molar-refractivity contribution in [2.75, 3.05) is 35.2 Å². The summed E-state index contributed by atoms with van der Waals surface area (Å²) in [4.78, 5) is 26.2. The maximum absolute atomic E-state index is 12.5. The molecule has 1 heterocycles. The molecule has 8 nitrogen and oxygen atoms in total. The molecule has 172 valence electrons. The largest absolute Gasteiger partial charge is 0.494 e. The Bertz CT molecular complexity index is 1050. The molecule has 0 spiro atoms. The molecular formula is C23H29N3O5S. The van der Waals surface area contributed by atoms with E-state index in [9.17, 15) is 18.0 Å². The molecule has 0 radical (unpaired) electrons. The minimum absolute atomic E-state index is 0.0982. The number of carbonyl (C=O) groups excluding carboxylic acids is 2. The molecule has 0 saturated carbocycles. The molecule has 2 aromatic carbocycles. The second kappa shape index (κ2) is 10.5. The van der Waals surface area contributed by atoms with Crippen LogP contribution in [-0.4, -0.2) is 46.2 Å². The Morgan fingerprint density at radius 1 is 1.19 bits per heavy atom. The van der Waals surface area contributed by atoms with Crippen LogP contribution in [0.15, 0.2) is 48.5 Å². The molecule has 0 aromatic heterocycles. The lowest BCUT2D eigenvalue weighted by molar-refractivity contribution is -0.120. The molecule has 0 bridgehead atoms. The number of rotatable bonds is 10. The van der Waals surface area contributed by atoms with Gasteiger partial charge in [-0.3, -0.25) is 13.9 Å². The summed E-state index contributed by atoms with van der Waals surface area (Å²) in [5, 5.41) is 2.77. The fourth-order valence-corrected chi connectivity index (χ4v) is 4.33. The van der Waals surface area contributed by atoms with Gasteiger partial charge >= 0.3 is 0 Å². The summed E-state index contributed by atoms with van der Waals surface area (Å²) in [7, 11) is -3.66. The van der Waals surface area contributed by atoms with Crippen molar-refractivity contribution < 1.29 is 22.7 Å². The van der Waals surface area contributed by atoms with E-state index in [1.54, 1.807) is 29.2 Å². The van der Waals surface area contributed by atoms with E-state index in [2.05, 4.69) is 5.32 Å². The Hall–Kier alpha value is -3.07. The predicted molar refractivity (Wildman–Crippen MR) is 124 cm³/mol. The lowest BCUT2D eigenvalue weighted by Gasteiger charge is -2.22. The number of ether oxygens (including phenoxy) is 1. The predicted octanol–water partition coefficient (Wildman–Crippen LogP) is 2.68. The molecule has 9 heteroatoms. The topological polar surface area (TPSA) is 96.0 Å². The SMILES string of the molecule is CCCOc1ccc(N(CC(=O)NCc2cccc(N3CCCC3=O)c2)S(C)(=O)=O)cc1. The van der Waals surface area contributed by atoms with Gasteiger partial charge < -0.3 is 15.0 Å². The zero-order valence-electron chi connectivity index (χ0n) is 18.4. The number of benzene rings is 2. The molecule has 2 aromatic rings. The average molecular weight is 460 g/mol. The number of nitrogens with one attached hydrogen (secondary N) is 1. The fraction of sp³-hybridized carbons (Fsp3) is 0.391. The van der Waals surface area contributed by atoms with Gasteiger partial charge in [0, 0.05) is 25.2 Å². The van der Waals surface area contributed by atoms with E-state index in [4.69, 9.17) is 4.74 Å². The summed E-state index contributed by atoms with van der Waals surface area (Å²) < 4.78 is 31.2. The van der Waals surface area contributed by atoms with Crippen molar-refractivity contribution in [2.45, 2.75) is 32.7 Å². The maximum Gasteiger partial charge on any atom is 0.241 e. The standard InChI is InChI=1S/C23H29N3O5S/c1-3-14-31-21-11-9-19(10-12-21)26(32(2,29)30)17-22(27)24-16-18-6-4-7-20(15-18)25-13-5-8-23(25)28/h4,6-7,9-12,15H,3,5,8,13-14,16-17H2,1-2H3,(H,24,27). The molecule has 1 aliphatic rings. The van der Waals surface area contributed by atoms with Crippen molar-refractivity contribution >= 4 is 33.2 Å². The van der Waals surface area contributed by atoms with E-state index >= 15 is 0 Å². The van der Waals surface area contributed by atoms with Gasteiger partial charge in [-0.25, -0.2) is 8.42 Å². The van der Waals surface area contributed by atoms with Gasteiger partial charge in [0.2, 0.25) is 21.8 Å². The Balaban J connectivity index is 1.63. The van der Waals surface area contributed by atoms with Crippen LogP contribution < -0.4 is 19.3 Å². The first-order valence-corrected chi connectivity index (χ1v) is 12.5. The summed E-state index contributed by atoms with van der Waals surface area (Å²) in [5.74, 6) is 0.315. The number of hydrogen-bond donors (Lipinski definition) is 1. The van der Waals surface area contributed by atoms with Gasteiger partial charge in [0.25, 0.3) is 0 Å². The van der Waals surface area contributed by atoms with Crippen LogP contribution in [0.25, 0.3) is 0 Å². The lowest BCUT2D eigenvalue weighted by atomic mass is 10.2. The van der Waals surface area contributed by atoms with Gasteiger partial charge in [-0.15, -0.1) is 0 Å². The van der Waals surface area contributed by atoms with Crippen LogP contribution in [0.1, 0.15) is 31.7 Å². The number of carbonyl (C=O) groups is 2. The molecule has 0 atom stereocenters. The first kappa shape index (κ1) is 23.6. The summed E-state index contributed by atoms with van der Waals surface area (Å²) >= 11 is 0. The van der Waals surface area contributed by atoms with E-state index in [-0.39, 0.29) is 19.0 Å². The monoisotopic (exact) mass is 459 g/mol. The number of nitrogens with zero attached hydrogens (tertiary/aromatic N) is 2. The lowest BCUT2D eigenvalue weighted by Crippen LogP contribution is -2.40. The third-order valence-electron chi connectivity index (χ3n) is 5.07. The highest BCUT2D eigenvalue weighted by Gasteiger charge is 2.22. The number of anilines is 2. The van der Waals surface area contributed by atoms with Crippen molar-refractivity contribution in [3.8, 4) is 5.75 Å². The quantitative estimate of drug-likeness (QED) is 0.589. The van der Waals surface area contributed by atoms with Crippen molar-refractivity contribution in [3.63, 3.8) is 0 Å². The minimum atomic E-state index is -3.66. The second-order valence-corrected chi connectivity index (χ2v) is 9.61. The van der Waals surface area contributed by atoms with Crippen LogP contribution in [0.3, 0.4) is 0 Å². The summed E-state index contributed by atoms with van der Waals surface area (Å²) in [6, 6.07) is 14.0. The van der Waals surface area contributed by atoms with Gasteiger partial charge in [-0.2, -0.15) is 0 Å². The second-order valence-electron chi connectivity index (χ2n) is 7.71. The van der Waals surface area contributed by atoms with E-state index < -0.39 is 15.9 Å². The zero-order valence-corrected chi connectivity index (χ0v) is 19.2. The van der Waals surface area contributed by atoms with E-state index in [0.29, 0.717) is 31.0 Å². The Kier molecular flexibility index (Phi) is 7.74. The average Bonchev–Trinajstić information content (AvgIpc) is 3.20. The van der Waals surface area contributed by atoms with Crippen molar-refractivity contribution in [1.29, 1.82) is 0 Å². The van der Waals surface area contributed by atoms with Gasteiger partial charge in [-0.1, -0.05) is 19.1 Å². The Morgan fingerprint density at radius 3 is 2.56 bits per heavy atom. The molecule has 32 heavy (non-hydrogen) atoms. The zero-order chi connectivity index (χ0) is 23.1.